The van der Waals surface area contributed by atoms with Crippen LogP contribution in [0.4, 0.5) is 0 Å². The second-order valence-corrected chi connectivity index (χ2v) is 8.71. The van der Waals surface area contributed by atoms with Crippen LogP contribution in [0.2, 0.25) is 4.34 Å². The molecule has 1 aromatic rings. The molecule has 0 bridgehead atoms. The van der Waals surface area contributed by atoms with Crippen LogP contribution >= 0.6 is 22.9 Å². The van der Waals surface area contributed by atoms with Crippen LogP contribution in [-0.4, -0.2) is 39.5 Å². The predicted molar refractivity (Wildman–Crippen MR) is 90.8 cm³/mol. The lowest BCUT2D eigenvalue weighted by Gasteiger charge is -2.21. The second kappa shape index (κ2) is 9.79. The highest BCUT2D eigenvalue weighted by Crippen LogP contribution is 2.25. The van der Waals surface area contributed by atoms with Gasteiger partial charge in [-0.25, -0.2) is 13.1 Å². The monoisotopic (exact) mass is 352 g/mol. The average molecular weight is 353 g/mol. The molecular formula is C14H25ClN2O2S2. The van der Waals surface area contributed by atoms with E-state index in [0.717, 1.165) is 56.7 Å². The summed E-state index contributed by atoms with van der Waals surface area (Å²) in [6.07, 6.45) is 4.61. The lowest BCUT2D eigenvalue weighted by molar-refractivity contribution is 0.269. The number of rotatable bonds is 11. The van der Waals surface area contributed by atoms with E-state index in [0.29, 0.717) is 10.9 Å². The van der Waals surface area contributed by atoms with Crippen molar-refractivity contribution < 1.29 is 8.42 Å². The fraction of sp³-hybridized carbons (Fsp3) is 0.714. The Bertz CT molecular complexity index is 495. The zero-order valence-corrected chi connectivity index (χ0v) is 15.2. The zero-order valence-electron chi connectivity index (χ0n) is 12.8. The Hall–Kier alpha value is -0.140. The van der Waals surface area contributed by atoms with Gasteiger partial charge in [-0.15, -0.1) is 11.3 Å². The van der Waals surface area contributed by atoms with Gasteiger partial charge in [-0.2, -0.15) is 0 Å². The molecule has 1 heterocycles. The van der Waals surface area contributed by atoms with Crippen LogP contribution in [0.1, 0.15) is 39.5 Å². The summed E-state index contributed by atoms with van der Waals surface area (Å²) in [6, 6.07) is 3.15. The average Bonchev–Trinajstić information content (AvgIpc) is 2.88. The normalized spacial score (nSPS) is 12.2. The van der Waals surface area contributed by atoms with Gasteiger partial charge in [0.25, 0.3) is 0 Å². The molecular weight excluding hydrogens is 328 g/mol. The molecule has 0 unspecified atom stereocenters. The summed E-state index contributed by atoms with van der Waals surface area (Å²) in [5.41, 5.74) is 0. The molecule has 1 rings (SSSR count). The van der Waals surface area contributed by atoms with Crippen molar-refractivity contribution >= 4 is 33.0 Å². The molecule has 122 valence electrons. The van der Waals surface area contributed by atoms with Gasteiger partial charge in [-0.3, -0.25) is 0 Å². The third-order valence-electron chi connectivity index (χ3n) is 3.19. The Morgan fingerprint density at radius 3 is 2.24 bits per heavy atom. The first kappa shape index (κ1) is 18.9. The molecule has 0 spiro atoms. The lowest BCUT2D eigenvalue weighted by atomic mass is 10.2. The number of sulfonamides is 1. The first-order valence-corrected chi connectivity index (χ1v) is 10.1. The van der Waals surface area contributed by atoms with E-state index in [1.54, 1.807) is 12.1 Å². The zero-order chi connectivity index (χ0) is 15.7. The van der Waals surface area contributed by atoms with Crippen LogP contribution in [0.5, 0.6) is 0 Å². The maximum atomic E-state index is 12.1. The molecule has 0 atom stereocenters. The number of halogens is 1. The molecule has 4 nitrogen and oxygen atoms in total. The van der Waals surface area contributed by atoms with Crippen molar-refractivity contribution in [3.05, 3.63) is 16.5 Å². The maximum Gasteiger partial charge on any atom is 0.250 e. The standard InChI is InChI=1S/C14H25ClN2O2S2/c1-3-5-10-17(11-6-4-2)12-9-16-21(18,19)14-8-7-13(15)20-14/h7-8,16H,3-6,9-12H2,1-2H3. The number of thiophene rings is 1. The summed E-state index contributed by atoms with van der Waals surface area (Å²) < 4.78 is 27.6. The minimum absolute atomic E-state index is 0.279. The maximum absolute atomic E-state index is 12.1. The largest absolute Gasteiger partial charge is 0.302 e. The molecule has 7 heteroatoms. The number of nitrogens with zero attached hydrogens (tertiary/aromatic N) is 1. The summed E-state index contributed by atoms with van der Waals surface area (Å²) in [4.78, 5) is 2.33. The van der Waals surface area contributed by atoms with Gasteiger partial charge < -0.3 is 4.90 Å². The highest BCUT2D eigenvalue weighted by atomic mass is 35.5. The topological polar surface area (TPSA) is 49.4 Å². The quantitative estimate of drug-likeness (QED) is 0.662. The number of hydrogen-bond donors (Lipinski definition) is 1. The van der Waals surface area contributed by atoms with E-state index in [1.165, 1.54) is 0 Å². The predicted octanol–water partition coefficient (Wildman–Crippen LogP) is 3.58. The molecule has 1 N–H and O–H groups in total. The molecule has 0 aromatic carbocycles. The van der Waals surface area contributed by atoms with Crippen LogP contribution < -0.4 is 4.72 Å². The van der Waals surface area contributed by atoms with Crippen LogP contribution in [0, 0.1) is 0 Å². The van der Waals surface area contributed by atoms with Crippen LogP contribution in [0.25, 0.3) is 0 Å². The molecule has 21 heavy (non-hydrogen) atoms. The highest BCUT2D eigenvalue weighted by molar-refractivity contribution is 7.91. The Balaban J connectivity index is 2.44. The summed E-state index contributed by atoms with van der Waals surface area (Å²) in [5.74, 6) is 0. The van der Waals surface area contributed by atoms with Crippen molar-refractivity contribution in [2.24, 2.45) is 0 Å². The molecule has 0 aliphatic carbocycles. The lowest BCUT2D eigenvalue weighted by Crippen LogP contribution is -2.35. The van der Waals surface area contributed by atoms with E-state index < -0.39 is 10.0 Å². The van der Waals surface area contributed by atoms with E-state index in [9.17, 15) is 8.42 Å². The smallest absolute Gasteiger partial charge is 0.250 e. The van der Waals surface area contributed by atoms with Crippen molar-refractivity contribution in [3.63, 3.8) is 0 Å². The minimum atomic E-state index is -3.42. The number of hydrogen-bond acceptors (Lipinski definition) is 4. The summed E-state index contributed by atoms with van der Waals surface area (Å²) in [7, 11) is -3.42. The van der Waals surface area contributed by atoms with Crippen molar-refractivity contribution in [3.8, 4) is 0 Å². The molecule has 0 saturated carbocycles. The number of nitrogens with one attached hydrogen (secondary N) is 1. The summed E-state index contributed by atoms with van der Waals surface area (Å²) in [6.45, 7) is 7.58. The van der Waals surface area contributed by atoms with E-state index in [1.807, 2.05) is 0 Å². The Labute approximate surface area is 137 Å². The SMILES string of the molecule is CCCCN(CCCC)CCNS(=O)(=O)c1ccc(Cl)s1. The Morgan fingerprint density at radius 1 is 1.14 bits per heavy atom. The minimum Gasteiger partial charge on any atom is -0.302 e. The number of unbranched alkanes of at least 4 members (excludes halogenated alkanes) is 2. The summed E-state index contributed by atoms with van der Waals surface area (Å²) in [5, 5.41) is 0. The van der Waals surface area contributed by atoms with Crippen LogP contribution in [0.15, 0.2) is 16.3 Å². The van der Waals surface area contributed by atoms with Crippen LogP contribution in [-0.2, 0) is 10.0 Å². The van der Waals surface area contributed by atoms with Crippen molar-refractivity contribution in [2.75, 3.05) is 26.2 Å². The van der Waals surface area contributed by atoms with Gasteiger partial charge >= 0.3 is 0 Å². The first-order chi connectivity index (χ1) is 9.99. The molecule has 0 aliphatic heterocycles. The molecule has 0 fully saturated rings. The molecule has 0 radical (unpaired) electrons. The molecule has 0 amide bonds. The van der Waals surface area contributed by atoms with Gasteiger partial charge in [0.1, 0.15) is 4.21 Å². The highest BCUT2D eigenvalue weighted by Gasteiger charge is 2.16. The van der Waals surface area contributed by atoms with E-state index >= 15 is 0 Å². The van der Waals surface area contributed by atoms with E-state index in [-0.39, 0.29) is 4.21 Å². The third-order valence-corrected chi connectivity index (χ3v) is 6.37. The van der Waals surface area contributed by atoms with E-state index in [4.69, 9.17) is 11.6 Å². The van der Waals surface area contributed by atoms with Crippen LogP contribution in [0.3, 0.4) is 0 Å². The second-order valence-electron chi connectivity index (χ2n) is 5.01. The van der Waals surface area contributed by atoms with Crippen molar-refractivity contribution in [1.29, 1.82) is 0 Å². The van der Waals surface area contributed by atoms with Crippen molar-refractivity contribution in [1.82, 2.24) is 9.62 Å². The van der Waals surface area contributed by atoms with Gasteiger partial charge in [0.05, 0.1) is 4.34 Å². The van der Waals surface area contributed by atoms with Gasteiger partial charge in [0, 0.05) is 13.1 Å². The van der Waals surface area contributed by atoms with Gasteiger partial charge in [-0.05, 0) is 38.1 Å². The first-order valence-electron chi connectivity index (χ1n) is 7.47. The van der Waals surface area contributed by atoms with Gasteiger partial charge in [-0.1, -0.05) is 38.3 Å². The fourth-order valence-electron chi connectivity index (χ4n) is 1.95. The van der Waals surface area contributed by atoms with E-state index in [2.05, 4.69) is 23.5 Å². The van der Waals surface area contributed by atoms with Crippen molar-refractivity contribution in [2.45, 2.75) is 43.7 Å². The van der Waals surface area contributed by atoms with Gasteiger partial charge in [0.2, 0.25) is 10.0 Å². The molecule has 0 aliphatic rings. The molecule has 1 aromatic heterocycles. The molecule has 0 saturated heterocycles. The van der Waals surface area contributed by atoms with Gasteiger partial charge in [0.15, 0.2) is 0 Å². The Kier molecular flexibility index (Phi) is 8.82. The Morgan fingerprint density at radius 2 is 1.76 bits per heavy atom. The fourth-order valence-corrected chi connectivity index (χ4v) is 4.50. The third kappa shape index (κ3) is 7.10. The summed E-state index contributed by atoms with van der Waals surface area (Å²) >= 11 is 6.87.